The molecule has 2 heteroatoms. The molecule has 0 heterocycles. The standard InChI is InChI=1S/C8H13ClO/c1-6-5-7(10)3-4-8(6,2)9/h7,10H,1,3-5H2,2H3. The largest absolute Gasteiger partial charge is 0.393 e. The molecule has 1 rings (SSSR count). The lowest BCUT2D eigenvalue weighted by molar-refractivity contribution is 0.142. The van der Waals surface area contributed by atoms with E-state index in [4.69, 9.17) is 11.6 Å². The Kier molecular flexibility index (Phi) is 2.07. The molecule has 0 aromatic heterocycles. The zero-order valence-electron chi connectivity index (χ0n) is 6.23. The van der Waals surface area contributed by atoms with Gasteiger partial charge in [0.1, 0.15) is 0 Å². The van der Waals surface area contributed by atoms with Crippen molar-refractivity contribution >= 4 is 11.6 Å². The second-order valence-electron chi connectivity index (χ2n) is 3.20. The molecule has 0 bridgehead atoms. The Morgan fingerprint density at radius 2 is 2.40 bits per heavy atom. The molecule has 1 saturated carbocycles. The van der Waals surface area contributed by atoms with Crippen LogP contribution in [-0.2, 0) is 0 Å². The highest BCUT2D eigenvalue weighted by molar-refractivity contribution is 6.25. The molecule has 1 fully saturated rings. The summed E-state index contributed by atoms with van der Waals surface area (Å²) in [7, 11) is 0. The molecule has 0 spiro atoms. The Morgan fingerprint density at radius 1 is 1.80 bits per heavy atom. The summed E-state index contributed by atoms with van der Waals surface area (Å²) < 4.78 is 0. The van der Waals surface area contributed by atoms with Gasteiger partial charge in [0, 0.05) is 0 Å². The fraction of sp³-hybridized carbons (Fsp3) is 0.750. The van der Waals surface area contributed by atoms with E-state index in [0.29, 0.717) is 6.42 Å². The van der Waals surface area contributed by atoms with Crippen molar-refractivity contribution < 1.29 is 5.11 Å². The van der Waals surface area contributed by atoms with E-state index in [0.717, 1.165) is 18.4 Å². The molecule has 1 N–H and O–H groups in total. The van der Waals surface area contributed by atoms with Crippen molar-refractivity contribution in [2.75, 3.05) is 0 Å². The Balaban J connectivity index is 2.61. The van der Waals surface area contributed by atoms with Crippen LogP contribution in [0.25, 0.3) is 0 Å². The van der Waals surface area contributed by atoms with Gasteiger partial charge in [0.05, 0.1) is 11.0 Å². The molecule has 0 aromatic rings. The second-order valence-corrected chi connectivity index (χ2v) is 4.03. The lowest BCUT2D eigenvalue weighted by Crippen LogP contribution is -2.29. The molecular weight excluding hydrogens is 148 g/mol. The van der Waals surface area contributed by atoms with Crippen molar-refractivity contribution in [3.05, 3.63) is 12.2 Å². The predicted octanol–water partition coefficient (Wildman–Crippen LogP) is 2.08. The van der Waals surface area contributed by atoms with E-state index in [1.165, 1.54) is 0 Å². The SMILES string of the molecule is C=C1CC(O)CCC1(C)Cl. The lowest BCUT2D eigenvalue weighted by atomic mass is 9.84. The fourth-order valence-electron chi connectivity index (χ4n) is 1.21. The first-order valence-electron chi connectivity index (χ1n) is 3.57. The number of halogens is 1. The van der Waals surface area contributed by atoms with E-state index in [2.05, 4.69) is 6.58 Å². The third kappa shape index (κ3) is 1.53. The average Bonchev–Trinajstić information content (AvgIpc) is 1.81. The van der Waals surface area contributed by atoms with Crippen LogP contribution in [0.3, 0.4) is 0 Å². The van der Waals surface area contributed by atoms with E-state index < -0.39 is 0 Å². The molecule has 2 atom stereocenters. The maximum Gasteiger partial charge on any atom is 0.0626 e. The third-order valence-corrected chi connectivity index (χ3v) is 2.62. The lowest BCUT2D eigenvalue weighted by Gasteiger charge is -2.32. The molecule has 0 radical (unpaired) electrons. The van der Waals surface area contributed by atoms with Crippen molar-refractivity contribution in [2.24, 2.45) is 0 Å². The summed E-state index contributed by atoms with van der Waals surface area (Å²) in [6.45, 7) is 5.79. The van der Waals surface area contributed by atoms with E-state index >= 15 is 0 Å². The van der Waals surface area contributed by atoms with Gasteiger partial charge in [0.25, 0.3) is 0 Å². The smallest absolute Gasteiger partial charge is 0.0626 e. The van der Waals surface area contributed by atoms with Crippen molar-refractivity contribution in [1.82, 2.24) is 0 Å². The molecule has 1 nitrogen and oxygen atoms in total. The summed E-state index contributed by atoms with van der Waals surface area (Å²) in [5, 5.41) is 9.19. The van der Waals surface area contributed by atoms with Gasteiger partial charge in [-0.1, -0.05) is 12.2 Å². The average molecular weight is 161 g/mol. The number of aliphatic hydroxyl groups is 1. The van der Waals surface area contributed by atoms with Gasteiger partial charge in [-0.3, -0.25) is 0 Å². The number of hydrogen-bond acceptors (Lipinski definition) is 1. The first-order chi connectivity index (χ1) is 4.52. The zero-order chi connectivity index (χ0) is 7.78. The van der Waals surface area contributed by atoms with Crippen LogP contribution in [0, 0.1) is 0 Å². The monoisotopic (exact) mass is 160 g/mol. The van der Waals surface area contributed by atoms with Crippen LogP contribution in [0.1, 0.15) is 26.2 Å². The quantitative estimate of drug-likeness (QED) is 0.425. The third-order valence-electron chi connectivity index (χ3n) is 2.17. The summed E-state index contributed by atoms with van der Waals surface area (Å²) in [6.07, 6.45) is 2.10. The highest BCUT2D eigenvalue weighted by Crippen LogP contribution is 2.37. The normalized spacial score (nSPS) is 41.9. The first kappa shape index (κ1) is 8.09. The van der Waals surface area contributed by atoms with Crippen LogP contribution in [0.5, 0.6) is 0 Å². The minimum absolute atomic E-state index is 0.209. The summed E-state index contributed by atoms with van der Waals surface area (Å²) in [6, 6.07) is 0. The van der Waals surface area contributed by atoms with Crippen molar-refractivity contribution in [3.63, 3.8) is 0 Å². The highest BCUT2D eigenvalue weighted by Gasteiger charge is 2.31. The number of aliphatic hydroxyl groups excluding tert-OH is 1. The molecule has 10 heavy (non-hydrogen) atoms. The summed E-state index contributed by atoms with van der Waals surface area (Å²) in [5.74, 6) is 0. The van der Waals surface area contributed by atoms with Crippen LogP contribution in [0.15, 0.2) is 12.2 Å². The maximum absolute atomic E-state index is 9.19. The molecule has 1 aliphatic rings. The summed E-state index contributed by atoms with van der Waals surface area (Å²) in [4.78, 5) is -0.265. The molecule has 1 aliphatic carbocycles. The summed E-state index contributed by atoms with van der Waals surface area (Å²) in [5.41, 5.74) is 0.966. The second kappa shape index (κ2) is 2.55. The Labute approximate surface area is 66.7 Å². The maximum atomic E-state index is 9.19. The van der Waals surface area contributed by atoms with Crippen LogP contribution < -0.4 is 0 Å². The topological polar surface area (TPSA) is 20.2 Å². The van der Waals surface area contributed by atoms with Gasteiger partial charge in [0.15, 0.2) is 0 Å². The van der Waals surface area contributed by atoms with E-state index in [-0.39, 0.29) is 11.0 Å². The molecule has 0 aliphatic heterocycles. The van der Waals surface area contributed by atoms with Crippen molar-refractivity contribution in [1.29, 1.82) is 0 Å². The van der Waals surface area contributed by atoms with Crippen LogP contribution in [-0.4, -0.2) is 16.1 Å². The highest BCUT2D eigenvalue weighted by atomic mass is 35.5. The van der Waals surface area contributed by atoms with Gasteiger partial charge in [-0.25, -0.2) is 0 Å². The fourth-order valence-corrected chi connectivity index (χ4v) is 1.40. The predicted molar refractivity (Wildman–Crippen MR) is 43.3 cm³/mol. The van der Waals surface area contributed by atoms with Gasteiger partial charge in [-0.2, -0.15) is 0 Å². The number of rotatable bonds is 0. The van der Waals surface area contributed by atoms with Crippen molar-refractivity contribution in [3.8, 4) is 0 Å². The van der Waals surface area contributed by atoms with Gasteiger partial charge >= 0.3 is 0 Å². The molecule has 58 valence electrons. The van der Waals surface area contributed by atoms with Crippen LogP contribution >= 0.6 is 11.6 Å². The molecule has 0 aromatic carbocycles. The minimum atomic E-state index is -0.265. The molecule has 2 unspecified atom stereocenters. The molecule has 0 amide bonds. The molecule has 0 saturated heterocycles. The van der Waals surface area contributed by atoms with E-state index in [1.54, 1.807) is 0 Å². The van der Waals surface area contributed by atoms with Crippen molar-refractivity contribution in [2.45, 2.75) is 37.2 Å². The summed E-state index contributed by atoms with van der Waals surface area (Å²) >= 11 is 6.08. The number of alkyl halides is 1. The van der Waals surface area contributed by atoms with Crippen LogP contribution in [0.2, 0.25) is 0 Å². The van der Waals surface area contributed by atoms with Gasteiger partial charge in [-0.15, -0.1) is 11.6 Å². The van der Waals surface area contributed by atoms with E-state index in [9.17, 15) is 5.11 Å². The van der Waals surface area contributed by atoms with Gasteiger partial charge in [0.2, 0.25) is 0 Å². The first-order valence-corrected chi connectivity index (χ1v) is 3.95. The van der Waals surface area contributed by atoms with Crippen LogP contribution in [0.4, 0.5) is 0 Å². The van der Waals surface area contributed by atoms with Gasteiger partial charge in [-0.05, 0) is 26.2 Å². The zero-order valence-corrected chi connectivity index (χ0v) is 6.99. The number of hydrogen-bond donors (Lipinski definition) is 1. The minimum Gasteiger partial charge on any atom is -0.393 e. The Hall–Kier alpha value is -0.0100. The molecular formula is C8H13ClO. The van der Waals surface area contributed by atoms with Gasteiger partial charge < -0.3 is 5.11 Å². The van der Waals surface area contributed by atoms with E-state index in [1.807, 2.05) is 6.92 Å². The Bertz CT molecular complexity index is 151. The Morgan fingerprint density at radius 3 is 2.80 bits per heavy atom.